The van der Waals surface area contributed by atoms with Crippen LogP contribution in [-0.4, -0.2) is 55.6 Å². The zero-order chi connectivity index (χ0) is 30.2. The van der Waals surface area contributed by atoms with E-state index >= 15 is 0 Å². The Morgan fingerprint density at radius 3 is 2.57 bits per heavy atom. The molecule has 0 bridgehead atoms. The number of carbonyl (C=O) groups is 2. The van der Waals surface area contributed by atoms with Crippen LogP contribution in [0.5, 0.6) is 5.75 Å². The molecule has 0 aliphatic carbocycles. The van der Waals surface area contributed by atoms with Gasteiger partial charge in [-0.3, -0.25) is 21.5 Å². The highest BCUT2D eigenvalue weighted by molar-refractivity contribution is 5.95. The van der Waals surface area contributed by atoms with Gasteiger partial charge in [-0.25, -0.2) is 14.0 Å². The number of carbonyl (C=O) groups excluding carboxylic acids is 2. The van der Waals surface area contributed by atoms with Crippen molar-refractivity contribution >= 4 is 24.0 Å². The van der Waals surface area contributed by atoms with Gasteiger partial charge in [0.15, 0.2) is 11.9 Å². The van der Waals surface area contributed by atoms with E-state index in [4.69, 9.17) is 15.6 Å². The number of hydrogen-bond donors (Lipinski definition) is 7. The molecule has 228 valence electrons. The number of unbranched alkanes of at least 4 members (excludes halogenated alkanes) is 5. The summed E-state index contributed by atoms with van der Waals surface area (Å²) in [6, 6.07) is 11.6. The summed E-state index contributed by atoms with van der Waals surface area (Å²) in [4.78, 5) is 26.0. The van der Waals surface area contributed by atoms with Crippen LogP contribution in [0.3, 0.4) is 0 Å². The fourth-order valence-corrected chi connectivity index (χ4v) is 4.68. The Kier molecular flexibility index (Phi) is 13.4. The van der Waals surface area contributed by atoms with E-state index in [-0.39, 0.29) is 24.5 Å². The van der Waals surface area contributed by atoms with Crippen molar-refractivity contribution in [2.24, 2.45) is 0 Å². The first kappa shape index (κ1) is 32.2. The summed E-state index contributed by atoms with van der Waals surface area (Å²) in [6.45, 7) is 2.24. The Morgan fingerprint density at radius 1 is 1.05 bits per heavy atom. The molecule has 42 heavy (non-hydrogen) atoms. The van der Waals surface area contributed by atoms with Crippen molar-refractivity contribution in [1.82, 2.24) is 31.5 Å². The van der Waals surface area contributed by atoms with Gasteiger partial charge >= 0.3 is 12.1 Å². The van der Waals surface area contributed by atoms with Gasteiger partial charge in [-0.15, -0.1) is 0 Å². The highest BCUT2D eigenvalue weighted by Crippen LogP contribution is 2.22. The summed E-state index contributed by atoms with van der Waals surface area (Å²) >= 11 is 0. The van der Waals surface area contributed by atoms with Crippen molar-refractivity contribution in [3.05, 3.63) is 65.0 Å². The fourth-order valence-electron chi connectivity index (χ4n) is 4.68. The monoisotopic (exact) mass is 582 g/mol. The number of rotatable bonds is 9. The summed E-state index contributed by atoms with van der Waals surface area (Å²) in [6.07, 6.45) is 7.34. The fraction of sp³-hybridized carbons (Fsp3) is 0.467. The van der Waals surface area contributed by atoms with E-state index in [9.17, 15) is 14.0 Å². The van der Waals surface area contributed by atoms with Gasteiger partial charge in [0.25, 0.3) is 0 Å². The number of guanidine groups is 2. The molecular weight excluding hydrogens is 539 g/mol. The van der Waals surface area contributed by atoms with Gasteiger partial charge in [-0.2, -0.15) is 0 Å². The molecule has 7 N–H and O–H groups in total. The van der Waals surface area contributed by atoms with Gasteiger partial charge in [0.05, 0.1) is 0 Å². The van der Waals surface area contributed by atoms with Gasteiger partial charge < -0.3 is 25.6 Å². The van der Waals surface area contributed by atoms with Crippen LogP contribution < -0.4 is 31.3 Å². The molecule has 0 saturated carbocycles. The Balaban J connectivity index is 1.49. The molecule has 0 spiro atoms. The molecule has 0 unspecified atom stereocenters. The van der Waals surface area contributed by atoms with Gasteiger partial charge in [-0.1, -0.05) is 49.9 Å². The van der Waals surface area contributed by atoms with Crippen LogP contribution in [0, 0.1) is 16.6 Å². The number of nitrogens with zero attached hydrogens (tertiary/aromatic N) is 1. The van der Waals surface area contributed by atoms with E-state index in [1.54, 1.807) is 11.0 Å². The first-order valence-electron chi connectivity index (χ1n) is 14.5. The maximum Gasteiger partial charge on any atom is 0.324 e. The number of fused-ring (bicyclic) bond motifs is 2. The Morgan fingerprint density at radius 2 is 1.79 bits per heavy atom. The van der Waals surface area contributed by atoms with Gasteiger partial charge in [0.1, 0.15) is 18.2 Å². The van der Waals surface area contributed by atoms with Crippen molar-refractivity contribution < 1.29 is 18.7 Å². The van der Waals surface area contributed by atoms with Crippen LogP contribution in [0.4, 0.5) is 14.0 Å². The highest BCUT2D eigenvalue weighted by Gasteiger charge is 2.16. The third-order valence-electron chi connectivity index (χ3n) is 7.00. The normalized spacial score (nSPS) is 14.1. The average molecular weight is 583 g/mol. The van der Waals surface area contributed by atoms with Gasteiger partial charge in [-0.05, 0) is 55.0 Å². The molecule has 2 aromatic carbocycles. The number of nitrogens with one attached hydrogen (secondary N) is 7. The molecule has 2 aromatic rings. The Bertz CT molecular complexity index is 1210. The number of aryl methyl sites for hydroxylation is 1. The molecule has 0 fully saturated rings. The molecular formula is C30H43FN8O3. The quantitative estimate of drug-likeness (QED) is 0.134. The second-order valence-electron chi connectivity index (χ2n) is 10.2. The minimum atomic E-state index is -0.421. The van der Waals surface area contributed by atoms with Crippen LogP contribution in [0.25, 0.3) is 0 Å². The molecule has 1 aliphatic rings. The lowest BCUT2D eigenvalue weighted by Gasteiger charge is -2.23. The molecule has 1 aliphatic heterocycles. The minimum Gasteiger partial charge on any atom is -0.489 e. The van der Waals surface area contributed by atoms with Crippen LogP contribution in [0.2, 0.25) is 0 Å². The molecule has 4 amide bonds. The second kappa shape index (κ2) is 17.5. The van der Waals surface area contributed by atoms with Crippen molar-refractivity contribution in [2.75, 3.05) is 26.7 Å². The lowest BCUT2D eigenvalue weighted by molar-refractivity contribution is 0.200. The van der Waals surface area contributed by atoms with Crippen LogP contribution >= 0.6 is 0 Å². The van der Waals surface area contributed by atoms with Crippen LogP contribution in [0.15, 0.2) is 42.5 Å². The summed E-state index contributed by atoms with van der Waals surface area (Å²) in [5.74, 6) is -0.0283. The topological polar surface area (TPSA) is 154 Å². The first-order valence-corrected chi connectivity index (χ1v) is 14.5. The number of hydrogen-bond acceptors (Lipinski definition) is 5. The standard InChI is InChI=1S/C30H43FN8O3/c1-34-29(40)37-27(32)35-16-8-4-2-3-5-9-17-39-18-10-13-22-11-6-7-12-23(22)21-42-26-15-14-25(31)19-24(26)20-36-28(33)38-30(39)41/h6-7,11-12,14-15,19H,2-5,8-10,13,16-18,20-21H2,1H3,(H3,33,36,38,41)(H4,32,34,35,37,40). The largest absolute Gasteiger partial charge is 0.489 e. The predicted molar refractivity (Wildman–Crippen MR) is 161 cm³/mol. The molecule has 0 atom stereocenters. The molecule has 12 heteroatoms. The van der Waals surface area contributed by atoms with Gasteiger partial charge in [0.2, 0.25) is 0 Å². The van der Waals surface area contributed by atoms with E-state index in [0.29, 0.717) is 37.6 Å². The van der Waals surface area contributed by atoms with Crippen molar-refractivity contribution in [3.8, 4) is 5.75 Å². The SMILES string of the molecule is CNC(=O)NC(=N)NCCCCCCCCN1CCCc2ccccc2COc2ccc(F)cc2CNC(=N)NC1=O. The molecule has 0 radical (unpaired) electrons. The highest BCUT2D eigenvalue weighted by atomic mass is 19.1. The predicted octanol–water partition coefficient (Wildman–Crippen LogP) is 4.18. The van der Waals surface area contributed by atoms with Crippen LogP contribution in [-0.2, 0) is 19.6 Å². The number of halogens is 1. The van der Waals surface area contributed by atoms with Crippen molar-refractivity contribution in [1.29, 1.82) is 10.8 Å². The van der Waals surface area contributed by atoms with Gasteiger partial charge in [0, 0.05) is 38.8 Å². The maximum absolute atomic E-state index is 14.0. The second-order valence-corrected chi connectivity index (χ2v) is 10.2. The maximum atomic E-state index is 14.0. The number of ether oxygens (including phenoxy) is 1. The van der Waals surface area contributed by atoms with E-state index in [1.807, 2.05) is 18.2 Å². The lowest BCUT2D eigenvalue weighted by Crippen LogP contribution is -2.47. The number of amides is 4. The first-order chi connectivity index (χ1) is 20.4. The zero-order valence-electron chi connectivity index (χ0n) is 24.3. The van der Waals surface area contributed by atoms with Crippen molar-refractivity contribution in [3.63, 3.8) is 0 Å². The summed E-state index contributed by atoms with van der Waals surface area (Å²) in [5, 5.41) is 29.0. The lowest BCUT2D eigenvalue weighted by atomic mass is 10.0. The summed E-state index contributed by atoms with van der Waals surface area (Å²) < 4.78 is 20.0. The van der Waals surface area contributed by atoms with Crippen molar-refractivity contribution in [2.45, 2.75) is 64.5 Å². The smallest absolute Gasteiger partial charge is 0.324 e. The van der Waals surface area contributed by atoms with E-state index in [1.165, 1.54) is 19.2 Å². The third-order valence-corrected chi connectivity index (χ3v) is 7.00. The molecule has 0 saturated heterocycles. The summed E-state index contributed by atoms with van der Waals surface area (Å²) in [5.41, 5.74) is 2.76. The average Bonchev–Trinajstić information content (AvgIpc) is 2.98. The molecule has 0 aromatic heterocycles. The van der Waals surface area contributed by atoms with Crippen LogP contribution in [0.1, 0.15) is 61.6 Å². The molecule has 1 heterocycles. The van der Waals surface area contributed by atoms with E-state index in [0.717, 1.165) is 62.5 Å². The minimum absolute atomic E-state index is 0.0146. The number of benzene rings is 2. The Hall–Kier alpha value is -4.35. The molecule has 3 rings (SSSR count). The van der Waals surface area contributed by atoms with E-state index in [2.05, 4.69) is 32.7 Å². The molecule has 11 nitrogen and oxygen atoms in total. The van der Waals surface area contributed by atoms with E-state index < -0.39 is 11.8 Å². The third kappa shape index (κ3) is 11.3. The Labute approximate surface area is 247 Å². The number of urea groups is 2. The zero-order valence-corrected chi connectivity index (χ0v) is 24.3. The summed E-state index contributed by atoms with van der Waals surface area (Å²) in [7, 11) is 1.50.